The zero-order valence-electron chi connectivity index (χ0n) is 9.68. The molecule has 0 amide bonds. The number of aromatic nitrogens is 2. The molecule has 0 radical (unpaired) electrons. The van der Waals surface area contributed by atoms with Crippen LogP contribution in [0, 0.1) is 0 Å². The van der Waals surface area contributed by atoms with Crippen molar-refractivity contribution in [2.75, 3.05) is 0 Å². The zero-order valence-corrected chi connectivity index (χ0v) is 10.4. The van der Waals surface area contributed by atoms with E-state index >= 15 is 0 Å². The molecule has 2 heterocycles. The van der Waals surface area contributed by atoms with Crippen molar-refractivity contribution >= 4 is 17.1 Å². The summed E-state index contributed by atoms with van der Waals surface area (Å²) in [6, 6.07) is 13.8. The highest BCUT2D eigenvalue weighted by Gasteiger charge is 2.10. The van der Waals surface area contributed by atoms with Gasteiger partial charge in [0.15, 0.2) is 0 Å². The number of hydrogen-bond donors (Lipinski definition) is 1. The fraction of sp³-hybridized carbons (Fsp3) is 0.0714. The van der Waals surface area contributed by atoms with Crippen LogP contribution in [0.2, 0.25) is 5.02 Å². The predicted octanol–water partition coefficient (Wildman–Crippen LogP) is 3.11. The molecule has 2 aromatic heterocycles. The van der Waals surface area contributed by atoms with Crippen molar-refractivity contribution in [3.8, 4) is 11.3 Å². The SMILES string of the molecule is NCc1ncc2cccc(-c3ccccc3Cl)n12. The minimum Gasteiger partial charge on any atom is -0.324 e. The maximum atomic E-state index is 6.26. The van der Waals surface area contributed by atoms with Crippen molar-refractivity contribution in [2.45, 2.75) is 6.54 Å². The summed E-state index contributed by atoms with van der Waals surface area (Å²) in [5, 5.41) is 0.724. The first-order valence-electron chi connectivity index (χ1n) is 5.71. The summed E-state index contributed by atoms with van der Waals surface area (Å²) in [4.78, 5) is 4.32. The quantitative estimate of drug-likeness (QED) is 0.767. The molecule has 0 fully saturated rings. The second-order valence-electron chi connectivity index (χ2n) is 4.03. The normalized spacial score (nSPS) is 11.0. The van der Waals surface area contributed by atoms with E-state index in [1.54, 1.807) is 0 Å². The van der Waals surface area contributed by atoms with Gasteiger partial charge < -0.3 is 5.73 Å². The lowest BCUT2D eigenvalue weighted by Crippen LogP contribution is -2.04. The zero-order chi connectivity index (χ0) is 12.5. The Balaban J connectivity index is 2.35. The molecule has 1 aromatic carbocycles. The highest BCUT2D eigenvalue weighted by atomic mass is 35.5. The van der Waals surface area contributed by atoms with Gasteiger partial charge in [-0.2, -0.15) is 0 Å². The minimum absolute atomic E-state index is 0.398. The van der Waals surface area contributed by atoms with Gasteiger partial charge >= 0.3 is 0 Å². The van der Waals surface area contributed by atoms with Gasteiger partial charge in [0, 0.05) is 10.6 Å². The molecule has 4 heteroatoms. The van der Waals surface area contributed by atoms with E-state index in [0.717, 1.165) is 27.6 Å². The van der Waals surface area contributed by atoms with E-state index in [2.05, 4.69) is 4.98 Å². The van der Waals surface area contributed by atoms with Gasteiger partial charge in [0.2, 0.25) is 0 Å². The van der Waals surface area contributed by atoms with Gasteiger partial charge in [-0.1, -0.05) is 35.9 Å². The Bertz CT molecular complexity index is 703. The van der Waals surface area contributed by atoms with E-state index in [0.29, 0.717) is 6.54 Å². The van der Waals surface area contributed by atoms with Gasteiger partial charge in [-0.25, -0.2) is 4.98 Å². The van der Waals surface area contributed by atoms with Crippen LogP contribution in [-0.2, 0) is 6.54 Å². The van der Waals surface area contributed by atoms with E-state index in [1.807, 2.05) is 53.1 Å². The number of rotatable bonds is 2. The number of nitrogens with two attached hydrogens (primary N) is 1. The second kappa shape index (κ2) is 4.44. The van der Waals surface area contributed by atoms with E-state index < -0.39 is 0 Å². The lowest BCUT2D eigenvalue weighted by molar-refractivity contribution is 0.907. The van der Waals surface area contributed by atoms with E-state index in [1.165, 1.54) is 0 Å². The van der Waals surface area contributed by atoms with Gasteiger partial charge in [0.05, 0.1) is 24.0 Å². The lowest BCUT2D eigenvalue weighted by atomic mass is 10.1. The molecule has 3 nitrogen and oxygen atoms in total. The Morgan fingerprint density at radius 2 is 1.94 bits per heavy atom. The molecular weight excluding hydrogens is 246 g/mol. The summed E-state index contributed by atoms with van der Waals surface area (Å²) in [5.74, 6) is 0.834. The molecule has 0 saturated carbocycles. The Kier molecular flexibility index (Phi) is 2.78. The van der Waals surface area contributed by atoms with Crippen molar-refractivity contribution in [3.63, 3.8) is 0 Å². The van der Waals surface area contributed by atoms with Crippen molar-refractivity contribution in [3.05, 3.63) is 59.5 Å². The molecule has 0 atom stereocenters. The maximum absolute atomic E-state index is 6.26. The molecule has 0 saturated heterocycles. The Morgan fingerprint density at radius 1 is 1.11 bits per heavy atom. The molecule has 0 unspecified atom stereocenters. The third-order valence-corrected chi connectivity index (χ3v) is 3.29. The molecule has 0 aliphatic rings. The first-order chi connectivity index (χ1) is 8.81. The number of fused-ring (bicyclic) bond motifs is 1. The molecular formula is C14H12ClN3. The highest BCUT2D eigenvalue weighted by Crippen LogP contribution is 2.28. The Labute approximate surface area is 110 Å². The summed E-state index contributed by atoms with van der Waals surface area (Å²) in [6.07, 6.45) is 1.82. The third kappa shape index (κ3) is 1.68. The Morgan fingerprint density at radius 3 is 2.72 bits per heavy atom. The van der Waals surface area contributed by atoms with Crippen LogP contribution < -0.4 is 5.73 Å². The smallest absolute Gasteiger partial charge is 0.127 e. The monoisotopic (exact) mass is 257 g/mol. The summed E-state index contributed by atoms with van der Waals surface area (Å²) < 4.78 is 2.04. The molecule has 18 heavy (non-hydrogen) atoms. The van der Waals surface area contributed by atoms with Crippen LogP contribution in [-0.4, -0.2) is 9.38 Å². The van der Waals surface area contributed by atoms with Crippen molar-refractivity contribution in [2.24, 2.45) is 5.73 Å². The van der Waals surface area contributed by atoms with Crippen LogP contribution in [0.3, 0.4) is 0 Å². The van der Waals surface area contributed by atoms with Crippen molar-refractivity contribution in [1.82, 2.24) is 9.38 Å². The summed E-state index contributed by atoms with van der Waals surface area (Å²) >= 11 is 6.26. The van der Waals surface area contributed by atoms with Gasteiger partial charge in [-0.05, 0) is 18.2 Å². The molecule has 2 N–H and O–H groups in total. The fourth-order valence-electron chi connectivity index (χ4n) is 2.14. The summed E-state index contributed by atoms with van der Waals surface area (Å²) in [5.41, 5.74) is 8.74. The average molecular weight is 258 g/mol. The van der Waals surface area contributed by atoms with Gasteiger partial charge in [0.25, 0.3) is 0 Å². The van der Waals surface area contributed by atoms with Crippen LogP contribution in [0.5, 0.6) is 0 Å². The van der Waals surface area contributed by atoms with E-state index in [-0.39, 0.29) is 0 Å². The van der Waals surface area contributed by atoms with E-state index in [9.17, 15) is 0 Å². The van der Waals surface area contributed by atoms with Crippen LogP contribution >= 0.6 is 11.6 Å². The topological polar surface area (TPSA) is 43.3 Å². The molecule has 0 bridgehead atoms. The van der Waals surface area contributed by atoms with E-state index in [4.69, 9.17) is 17.3 Å². The van der Waals surface area contributed by atoms with Crippen LogP contribution in [0.25, 0.3) is 16.8 Å². The lowest BCUT2D eigenvalue weighted by Gasteiger charge is -2.09. The molecule has 90 valence electrons. The Hall–Kier alpha value is -1.84. The van der Waals surface area contributed by atoms with Crippen LogP contribution in [0.4, 0.5) is 0 Å². The van der Waals surface area contributed by atoms with Crippen LogP contribution in [0.1, 0.15) is 5.82 Å². The minimum atomic E-state index is 0.398. The maximum Gasteiger partial charge on any atom is 0.127 e. The third-order valence-electron chi connectivity index (χ3n) is 2.96. The fourth-order valence-corrected chi connectivity index (χ4v) is 2.37. The van der Waals surface area contributed by atoms with Crippen molar-refractivity contribution < 1.29 is 0 Å². The van der Waals surface area contributed by atoms with Crippen molar-refractivity contribution in [1.29, 1.82) is 0 Å². The van der Waals surface area contributed by atoms with Crippen LogP contribution in [0.15, 0.2) is 48.7 Å². The molecule has 0 aliphatic heterocycles. The standard InChI is InChI=1S/C14H12ClN3/c15-12-6-2-1-5-11(12)13-7-3-4-10-9-17-14(8-16)18(10)13/h1-7,9H,8,16H2. The average Bonchev–Trinajstić information content (AvgIpc) is 2.82. The van der Waals surface area contributed by atoms with Gasteiger partial charge in [-0.15, -0.1) is 0 Å². The molecule has 3 rings (SSSR count). The molecule has 3 aromatic rings. The number of halogens is 1. The largest absolute Gasteiger partial charge is 0.324 e. The summed E-state index contributed by atoms with van der Waals surface area (Å²) in [7, 11) is 0. The first kappa shape index (κ1) is 11.3. The number of hydrogen-bond acceptors (Lipinski definition) is 2. The number of benzene rings is 1. The first-order valence-corrected chi connectivity index (χ1v) is 6.09. The number of imidazole rings is 1. The highest BCUT2D eigenvalue weighted by molar-refractivity contribution is 6.33. The molecule has 0 spiro atoms. The predicted molar refractivity (Wildman–Crippen MR) is 73.5 cm³/mol. The number of nitrogens with zero attached hydrogens (tertiary/aromatic N) is 2. The number of pyridine rings is 1. The van der Waals surface area contributed by atoms with Gasteiger partial charge in [0.1, 0.15) is 5.82 Å². The second-order valence-corrected chi connectivity index (χ2v) is 4.44. The molecule has 0 aliphatic carbocycles. The van der Waals surface area contributed by atoms with Gasteiger partial charge in [-0.3, -0.25) is 4.40 Å². The summed E-state index contributed by atoms with van der Waals surface area (Å²) in [6.45, 7) is 0.398.